The molecule has 0 aliphatic heterocycles. The Morgan fingerprint density at radius 2 is 1.46 bits per heavy atom. The molecule has 1 aliphatic carbocycles. The molecule has 1 saturated carbocycles. The Kier molecular flexibility index (Phi) is 11.1. The van der Waals surface area contributed by atoms with E-state index in [0.717, 1.165) is 45.6 Å². The van der Waals surface area contributed by atoms with Gasteiger partial charge in [0.25, 0.3) is 10.0 Å². The monoisotopic (exact) mass is 703 g/mol. The molecule has 5 rings (SSSR count). The van der Waals surface area contributed by atoms with Gasteiger partial charge < -0.3 is 15.0 Å². The molecule has 8 nitrogen and oxygen atoms in total. The molecule has 0 radical (unpaired) electrons. The summed E-state index contributed by atoms with van der Waals surface area (Å²) in [5.41, 5.74) is 1.92. The number of hydrogen-bond acceptors (Lipinski definition) is 5. The highest BCUT2D eigenvalue weighted by molar-refractivity contribution is 9.10. The summed E-state index contributed by atoms with van der Waals surface area (Å²) in [5.74, 6) is -0.471. The van der Waals surface area contributed by atoms with Crippen molar-refractivity contribution in [1.82, 2.24) is 10.2 Å². The number of carbonyl (C=O) groups is 2. The lowest BCUT2D eigenvalue weighted by Gasteiger charge is -2.34. The van der Waals surface area contributed by atoms with E-state index in [4.69, 9.17) is 4.74 Å². The van der Waals surface area contributed by atoms with Crippen LogP contribution >= 0.6 is 15.9 Å². The first-order valence-corrected chi connectivity index (χ1v) is 17.6. The third kappa shape index (κ3) is 8.16. The molecule has 1 N–H and O–H groups in total. The number of carbonyl (C=O) groups excluding carboxylic acids is 2. The van der Waals surface area contributed by atoms with Gasteiger partial charge in [0.15, 0.2) is 0 Å². The molecule has 2 amide bonds. The SMILES string of the molecule is COc1ccccc1N(CC(=O)N(Cc1ccc(Br)cc1)[C@H](Cc1ccccc1)C(=O)NC1CCCC1)S(=O)(=O)c1ccccc1. The predicted molar refractivity (Wildman–Crippen MR) is 183 cm³/mol. The van der Waals surface area contributed by atoms with Crippen molar-refractivity contribution in [2.24, 2.45) is 0 Å². The Morgan fingerprint density at radius 1 is 0.848 bits per heavy atom. The largest absolute Gasteiger partial charge is 0.495 e. The number of benzene rings is 4. The third-order valence-electron chi connectivity index (χ3n) is 8.20. The Morgan fingerprint density at radius 3 is 2.11 bits per heavy atom. The standard InChI is InChI=1S/C36H38BrN3O5S/c1-45-34-19-11-10-18-32(34)40(46(43,44)31-16-6-3-7-17-31)26-35(41)39(25-28-20-22-29(37)23-21-28)33(24-27-12-4-2-5-13-27)36(42)38-30-14-8-9-15-30/h2-7,10-13,16-23,30,33H,8-9,14-15,24-26H2,1H3,(H,38,42)/t33-/m1/s1. The topological polar surface area (TPSA) is 96.0 Å². The average Bonchev–Trinajstić information content (AvgIpc) is 3.59. The van der Waals surface area contributed by atoms with E-state index in [-0.39, 0.29) is 35.5 Å². The number of rotatable bonds is 13. The van der Waals surface area contributed by atoms with Crippen LogP contribution in [0.2, 0.25) is 0 Å². The number of para-hydroxylation sites is 2. The van der Waals surface area contributed by atoms with E-state index in [1.165, 1.54) is 24.1 Å². The van der Waals surface area contributed by atoms with Crippen LogP contribution in [-0.4, -0.2) is 50.9 Å². The van der Waals surface area contributed by atoms with Crippen LogP contribution in [0.3, 0.4) is 0 Å². The predicted octanol–water partition coefficient (Wildman–Crippen LogP) is 6.35. The number of methoxy groups -OCH3 is 1. The molecule has 240 valence electrons. The number of ether oxygens (including phenoxy) is 1. The lowest BCUT2D eigenvalue weighted by Crippen LogP contribution is -2.54. The molecule has 10 heteroatoms. The summed E-state index contributed by atoms with van der Waals surface area (Å²) in [6.07, 6.45) is 4.13. The Labute approximate surface area is 279 Å². The lowest BCUT2D eigenvalue weighted by atomic mass is 10.0. The fourth-order valence-corrected chi connectivity index (χ4v) is 7.49. The van der Waals surface area contributed by atoms with Crippen LogP contribution < -0.4 is 14.4 Å². The van der Waals surface area contributed by atoms with Crippen LogP contribution in [0.15, 0.2) is 119 Å². The van der Waals surface area contributed by atoms with Gasteiger partial charge in [0, 0.05) is 23.5 Å². The summed E-state index contributed by atoms with van der Waals surface area (Å²) in [6, 6.07) is 30.9. The summed E-state index contributed by atoms with van der Waals surface area (Å²) in [4.78, 5) is 30.3. The minimum absolute atomic E-state index is 0.0352. The molecule has 1 fully saturated rings. The molecule has 0 saturated heterocycles. The van der Waals surface area contributed by atoms with Gasteiger partial charge in [-0.25, -0.2) is 8.42 Å². The van der Waals surface area contributed by atoms with Crippen molar-refractivity contribution in [1.29, 1.82) is 0 Å². The zero-order chi connectivity index (χ0) is 32.5. The fraction of sp³-hybridized carbons (Fsp3) is 0.278. The highest BCUT2D eigenvalue weighted by atomic mass is 79.9. The maximum Gasteiger partial charge on any atom is 0.264 e. The zero-order valence-electron chi connectivity index (χ0n) is 25.7. The first-order chi connectivity index (χ1) is 22.3. The van der Waals surface area contributed by atoms with Gasteiger partial charge >= 0.3 is 0 Å². The van der Waals surface area contributed by atoms with Gasteiger partial charge in [-0.2, -0.15) is 0 Å². The average molecular weight is 705 g/mol. The van der Waals surface area contributed by atoms with Gasteiger partial charge in [-0.15, -0.1) is 0 Å². The molecule has 46 heavy (non-hydrogen) atoms. The number of sulfonamides is 1. The molecule has 4 aromatic carbocycles. The van der Waals surface area contributed by atoms with Crippen LogP contribution in [0.1, 0.15) is 36.8 Å². The highest BCUT2D eigenvalue weighted by Crippen LogP contribution is 2.33. The van der Waals surface area contributed by atoms with E-state index in [0.29, 0.717) is 5.75 Å². The summed E-state index contributed by atoms with van der Waals surface area (Å²) in [6.45, 7) is -0.441. The van der Waals surface area contributed by atoms with Gasteiger partial charge in [0.2, 0.25) is 11.8 Å². The number of nitrogens with zero attached hydrogens (tertiary/aromatic N) is 2. The maximum absolute atomic E-state index is 14.6. The molecule has 0 heterocycles. The maximum atomic E-state index is 14.6. The summed E-state index contributed by atoms with van der Waals surface area (Å²) in [5, 5.41) is 3.20. The number of halogens is 1. The molecule has 0 aromatic heterocycles. The van der Waals surface area contributed by atoms with Gasteiger partial charge in [-0.3, -0.25) is 13.9 Å². The van der Waals surface area contributed by atoms with Gasteiger partial charge in [-0.1, -0.05) is 102 Å². The van der Waals surface area contributed by atoms with Gasteiger partial charge in [0.1, 0.15) is 18.3 Å². The van der Waals surface area contributed by atoms with Crippen molar-refractivity contribution in [3.63, 3.8) is 0 Å². The van der Waals surface area contributed by atoms with Crippen molar-refractivity contribution >= 4 is 43.5 Å². The molecule has 0 spiro atoms. The van der Waals surface area contributed by atoms with Crippen molar-refractivity contribution in [3.8, 4) is 5.75 Å². The quantitative estimate of drug-likeness (QED) is 0.175. The molecule has 4 aromatic rings. The first kappa shape index (κ1) is 33.2. The minimum atomic E-state index is -4.22. The summed E-state index contributed by atoms with van der Waals surface area (Å²) < 4.78 is 35.9. The van der Waals surface area contributed by atoms with Crippen molar-refractivity contribution in [3.05, 3.63) is 125 Å². The van der Waals surface area contributed by atoms with Crippen molar-refractivity contribution in [2.45, 2.75) is 55.6 Å². The van der Waals surface area contributed by atoms with E-state index in [1.807, 2.05) is 54.6 Å². The van der Waals surface area contributed by atoms with Crippen LogP contribution in [0.4, 0.5) is 5.69 Å². The number of nitrogens with one attached hydrogen (secondary N) is 1. The van der Waals surface area contributed by atoms with Crippen molar-refractivity contribution < 1.29 is 22.7 Å². The fourth-order valence-electron chi connectivity index (χ4n) is 5.78. The van der Waals surface area contributed by atoms with Gasteiger partial charge in [0.05, 0.1) is 17.7 Å². The molecule has 1 atom stereocenters. The number of anilines is 1. The smallest absolute Gasteiger partial charge is 0.264 e. The van der Waals surface area contributed by atoms with E-state index >= 15 is 0 Å². The van der Waals surface area contributed by atoms with Crippen LogP contribution in [0, 0.1) is 0 Å². The summed E-state index contributed by atoms with van der Waals surface area (Å²) >= 11 is 3.47. The van der Waals surface area contributed by atoms with E-state index in [9.17, 15) is 18.0 Å². The molecule has 0 bridgehead atoms. The summed E-state index contributed by atoms with van der Waals surface area (Å²) in [7, 11) is -2.76. The molecule has 1 aliphatic rings. The highest BCUT2D eigenvalue weighted by Gasteiger charge is 2.36. The second-order valence-electron chi connectivity index (χ2n) is 11.3. The number of amides is 2. The Hall–Kier alpha value is -4.15. The number of hydrogen-bond donors (Lipinski definition) is 1. The third-order valence-corrected chi connectivity index (χ3v) is 10.5. The van der Waals surface area contributed by atoms with E-state index in [1.54, 1.807) is 42.5 Å². The Balaban J connectivity index is 1.58. The normalized spacial score (nSPS) is 14.0. The van der Waals surface area contributed by atoms with Gasteiger partial charge in [-0.05, 0) is 60.4 Å². The van der Waals surface area contributed by atoms with Crippen LogP contribution in [0.25, 0.3) is 0 Å². The zero-order valence-corrected chi connectivity index (χ0v) is 28.1. The minimum Gasteiger partial charge on any atom is -0.495 e. The Bertz CT molecular complexity index is 1710. The molecular formula is C36H38BrN3O5S. The molecular weight excluding hydrogens is 666 g/mol. The van der Waals surface area contributed by atoms with E-state index in [2.05, 4.69) is 21.2 Å². The lowest BCUT2D eigenvalue weighted by molar-refractivity contribution is -0.140. The first-order valence-electron chi connectivity index (χ1n) is 15.4. The second-order valence-corrected chi connectivity index (χ2v) is 14.1. The second kappa shape index (κ2) is 15.4. The molecule has 0 unspecified atom stereocenters. The van der Waals surface area contributed by atoms with Crippen LogP contribution in [0.5, 0.6) is 5.75 Å². The van der Waals surface area contributed by atoms with E-state index < -0.39 is 28.5 Å². The van der Waals surface area contributed by atoms with Crippen molar-refractivity contribution in [2.75, 3.05) is 18.0 Å². The van der Waals surface area contributed by atoms with Crippen LogP contribution in [-0.2, 0) is 32.6 Å².